The van der Waals surface area contributed by atoms with E-state index in [-0.39, 0.29) is 11.6 Å². The van der Waals surface area contributed by atoms with Crippen LogP contribution in [-0.4, -0.2) is 20.5 Å². The second-order valence-corrected chi connectivity index (χ2v) is 6.54. The molecule has 0 saturated carbocycles. The zero-order chi connectivity index (χ0) is 18.8. The average Bonchev–Trinajstić information content (AvgIpc) is 2.97. The highest BCUT2D eigenvalue weighted by atomic mass is 32.1. The van der Waals surface area contributed by atoms with Crippen molar-refractivity contribution in [3.8, 4) is 6.07 Å². The van der Waals surface area contributed by atoms with Gasteiger partial charge in [0.15, 0.2) is 10.8 Å². The van der Waals surface area contributed by atoms with Crippen LogP contribution in [-0.2, 0) is 0 Å². The number of hydrogen-bond acceptors (Lipinski definition) is 5. The van der Waals surface area contributed by atoms with Gasteiger partial charge in [0.05, 0.1) is 21.8 Å². The molecular weight excluding hydrogens is 348 g/mol. The van der Waals surface area contributed by atoms with E-state index in [0.717, 1.165) is 0 Å². The van der Waals surface area contributed by atoms with Gasteiger partial charge >= 0.3 is 0 Å². The van der Waals surface area contributed by atoms with Gasteiger partial charge in [0.1, 0.15) is 6.07 Å². The third-order valence-corrected chi connectivity index (χ3v) is 4.15. The summed E-state index contributed by atoms with van der Waals surface area (Å²) in [6.45, 7) is 5.67. The lowest BCUT2D eigenvalue weighted by Gasteiger charge is -2.12. The van der Waals surface area contributed by atoms with Crippen molar-refractivity contribution in [3.05, 3.63) is 51.0 Å². The Kier molecular flexibility index (Phi) is 4.73. The molecule has 0 radical (unpaired) electrons. The van der Waals surface area contributed by atoms with E-state index in [1.54, 1.807) is 6.92 Å². The van der Waals surface area contributed by atoms with Crippen LogP contribution >= 0.6 is 12.2 Å². The van der Waals surface area contributed by atoms with Crippen LogP contribution < -0.4 is 26.9 Å². The van der Waals surface area contributed by atoms with Crippen molar-refractivity contribution in [2.75, 3.05) is 0 Å². The molecule has 0 fully saturated rings. The number of benzene rings is 1. The first-order chi connectivity index (χ1) is 12.4. The lowest BCUT2D eigenvalue weighted by Crippen LogP contribution is -2.46. The second-order valence-electron chi connectivity index (χ2n) is 6.13. The van der Waals surface area contributed by atoms with Crippen LogP contribution in [0.15, 0.2) is 29.1 Å². The molecule has 0 atom stereocenters. The minimum Gasteiger partial charge on any atom is -0.359 e. The molecule has 132 valence electrons. The molecule has 8 heteroatoms. The quantitative estimate of drug-likeness (QED) is 0.467. The Bertz CT molecular complexity index is 1160. The molecule has 0 unspecified atom stereocenters. The van der Waals surface area contributed by atoms with Crippen molar-refractivity contribution in [1.29, 1.82) is 5.26 Å². The number of nitriles is 1. The maximum Gasteiger partial charge on any atom is 0.265 e. The molecule has 0 spiro atoms. The van der Waals surface area contributed by atoms with E-state index in [4.69, 9.17) is 12.2 Å². The molecule has 3 N–H and O–H groups in total. The van der Waals surface area contributed by atoms with Crippen LogP contribution in [0.2, 0.25) is 0 Å². The number of aromatic nitrogens is 2. The highest BCUT2D eigenvalue weighted by Gasteiger charge is 2.15. The highest BCUT2D eigenvalue weighted by Crippen LogP contribution is 2.17. The molecule has 3 aromatic rings. The summed E-state index contributed by atoms with van der Waals surface area (Å²) in [7, 11) is 0. The Morgan fingerprint density at radius 3 is 2.81 bits per heavy atom. The van der Waals surface area contributed by atoms with Gasteiger partial charge < -0.3 is 10.7 Å². The molecular formula is C18H18N6OS. The smallest absolute Gasteiger partial charge is 0.265 e. The minimum atomic E-state index is -0.248. The molecule has 0 aliphatic carbocycles. The number of hydrazine groups is 1. The van der Waals surface area contributed by atoms with Crippen LogP contribution in [0.3, 0.4) is 0 Å². The molecule has 26 heavy (non-hydrogen) atoms. The molecule has 3 rings (SSSR count). The molecule has 2 heterocycles. The average molecular weight is 366 g/mol. The zero-order valence-electron chi connectivity index (χ0n) is 14.6. The molecule has 0 aliphatic heterocycles. The molecule has 0 bridgehead atoms. The van der Waals surface area contributed by atoms with Crippen LogP contribution in [0.4, 0.5) is 0 Å². The summed E-state index contributed by atoms with van der Waals surface area (Å²) in [5.74, 6) is 0. The van der Waals surface area contributed by atoms with Gasteiger partial charge in [-0.15, -0.1) is 0 Å². The Morgan fingerprint density at radius 2 is 2.12 bits per heavy atom. The molecule has 2 aromatic heterocycles. The predicted molar refractivity (Wildman–Crippen MR) is 105 cm³/mol. The van der Waals surface area contributed by atoms with E-state index in [1.807, 2.05) is 38.1 Å². The number of para-hydroxylation sites is 2. The Hall–Kier alpha value is -3.18. The minimum absolute atomic E-state index is 0.187. The standard InChI is InChI=1S/C18H18N6OS/c1-10(2)21-18(26)23-20-9-13-11(3)12(8-19)16-22-14-6-4-5-7-15(14)24(16)17(13)25/h4-7,9-10,20H,1-3H3,(H2,21,23,26). The topological polar surface area (TPSA) is 94.2 Å². The van der Waals surface area contributed by atoms with Crippen molar-refractivity contribution in [2.45, 2.75) is 26.8 Å². The molecule has 0 aliphatic rings. The van der Waals surface area contributed by atoms with Crippen molar-refractivity contribution < 1.29 is 0 Å². The Morgan fingerprint density at radius 1 is 1.38 bits per heavy atom. The summed E-state index contributed by atoms with van der Waals surface area (Å²) in [4.78, 5) is 17.5. The zero-order valence-corrected chi connectivity index (χ0v) is 15.4. The van der Waals surface area contributed by atoms with E-state index >= 15 is 0 Å². The number of pyridine rings is 1. The van der Waals surface area contributed by atoms with Crippen LogP contribution in [0.25, 0.3) is 22.9 Å². The number of fused-ring (bicyclic) bond motifs is 3. The van der Waals surface area contributed by atoms with Crippen molar-refractivity contribution >= 4 is 40.2 Å². The van der Waals surface area contributed by atoms with E-state index < -0.39 is 0 Å². The lowest BCUT2D eigenvalue weighted by atomic mass is 10.1. The van der Waals surface area contributed by atoms with Gasteiger partial charge in [0.25, 0.3) is 5.56 Å². The normalized spacial score (nSPS) is 11.7. The summed E-state index contributed by atoms with van der Waals surface area (Å²) in [6, 6.07) is 9.66. The fourth-order valence-corrected chi connectivity index (χ4v) is 3.05. The lowest BCUT2D eigenvalue weighted by molar-refractivity contribution is 0.703. The van der Waals surface area contributed by atoms with Crippen LogP contribution in [0.5, 0.6) is 0 Å². The first-order valence-electron chi connectivity index (χ1n) is 8.10. The first-order valence-corrected chi connectivity index (χ1v) is 8.51. The SMILES string of the molecule is Cc1c(C#N)c2nc3ccccc3n2c(=O)c1=CNNC(=S)NC(C)C. The molecule has 7 nitrogen and oxygen atoms in total. The van der Waals surface area contributed by atoms with Gasteiger partial charge in [-0.05, 0) is 50.7 Å². The van der Waals surface area contributed by atoms with Crippen molar-refractivity contribution in [1.82, 2.24) is 25.6 Å². The van der Waals surface area contributed by atoms with Gasteiger partial charge in [0, 0.05) is 12.2 Å². The van der Waals surface area contributed by atoms with E-state index in [0.29, 0.717) is 38.1 Å². The van der Waals surface area contributed by atoms with E-state index in [1.165, 1.54) is 10.6 Å². The summed E-state index contributed by atoms with van der Waals surface area (Å²) >= 11 is 5.14. The highest BCUT2D eigenvalue weighted by molar-refractivity contribution is 7.80. The number of thiocarbonyl (C=S) groups is 1. The Labute approximate surface area is 155 Å². The summed E-state index contributed by atoms with van der Waals surface area (Å²) in [5, 5.41) is 13.4. The van der Waals surface area contributed by atoms with Gasteiger partial charge in [-0.1, -0.05) is 12.1 Å². The largest absolute Gasteiger partial charge is 0.359 e. The number of imidazole rings is 1. The molecule has 1 aromatic carbocycles. The number of nitrogens with one attached hydrogen (secondary N) is 3. The third kappa shape index (κ3) is 3.05. The Balaban J connectivity index is 2.15. The second kappa shape index (κ2) is 6.98. The van der Waals surface area contributed by atoms with E-state index in [9.17, 15) is 10.1 Å². The summed E-state index contributed by atoms with van der Waals surface area (Å²) in [5.41, 5.74) is 8.03. The summed E-state index contributed by atoms with van der Waals surface area (Å²) in [6.07, 6.45) is 1.51. The number of rotatable bonds is 3. The van der Waals surface area contributed by atoms with Crippen molar-refractivity contribution in [3.63, 3.8) is 0 Å². The molecule has 0 amide bonds. The number of hydrogen-bond donors (Lipinski definition) is 3. The molecule has 0 saturated heterocycles. The van der Waals surface area contributed by atoms with Gasteiger partial charge in [-0.25, -0.2) is 4.98 Å². The van der Waals surface area contributed by atoms with Gasteiger partial charge in [-0.3, -0.25) is 14.6 Å². The first kappa shape index (κ1) is 17.6. The van der Waals surface area contributed by atoms with Crippen LogP contribution in [0.1, 0.15) is 25.0 Å². The predicted octanol–water partition coefficient (Wildman–Crippen LogP) is 0.862. The third-order valence-electron chi connectivity index (χ3n) is 3.93. The van der Waals surface area contributed by atoms with Crippen LogP contribution in [0, 0.1) is 18.3 Å². The summed E-state index contributed by atoms with van der Waals surface area (Å²) < 4.78 is 1.47. The maximum absolute atomic E-state index is 13.0. The fraction of sp³-hybridized carbons (Fsp3) is 0.222. The van der Waals surface area contributed by atoms with Crippen molar-refractivity contribution in [2.24, 2.45) is 0 Å². The van der Waals surface area contributed by atoms with Gasteiger partial charge in [0.2, 0.25) is 0 Å². The van der Waals surface area contributed by atoms with Gasteiger partial charge in [-0.2, -0.15) is 5.26 Å². The fourth-order valence-electron chi connectivity index (χ4n) is 2.76. The monoisotopic (exact) mass is 366 g/mol. The number of nitrogens with zero attached hydrogens (tertiary/aromatic N) is 3. The van der Waals surface area contributed by atoms with E-state index in [2.05, 4.69) is 27.2 Å². The maximum atomic E-state index is 13.0.